The minimum Gasteiger partial charge on any atom is -0.316 e. The Morgan fingerprint density at radius 2 is 1.94 bits per heavy atom. The van der Waals surface area contributed by atoms with Gasteiger partial charge in [-0.2, -0.15) is 0 Å². The standard InChI is InChI=1S/C15H15N/c1-2-4-12-7-13(6-5-11(12)3-1)15-8-14(15)9-16-10-15/h1-7,14,16H,8-10H2/t14-,15-/m1/s1. The van der Waals surface area contributed by atoms with Crippen molar-refractivity contribution in [3.05, 3.63) is 48.0 Å². The average molecular weight is 209 g/mol. The summed E-state index contributed by atoms with van der Waals surface area (Å²) in [5, 5.41) is 6.24. The van der Waals surface area contributed by atoms with Crippen LogP contribution in [0.15, 0.2) is 42.5 Å². The van der Waals surface area contributed by atoms with Crippen LogP contribution < -0.4 is 5.32 Å². The highest BCUT2D eigenvalue weighted by Crippen LogP contribution is 2.56. The van der Waals surface area contributed by atoms with Crippen molar-refractivity contribution in [3.8, 4) is 0 Å². The number of hydrogen-bond donors (Lipinski definition) is 1. The third-order valence-electron chi connectivity index (χ3n) is 4.39. The van der Waals surface area contributed by atoms with Gasteiger partial charge < -0.3 is 5.32 Å². The molecule has 1 saturated heterocycles. The van der Waals surface area contributed by atoms with E-state index >= 15 is 0 Å². The molecule has 1 heterocycles. The van der Waals surface area contributed by atoms with E-state index in [0.29, 0.717) is 5.41 Å². The van der Waals surface area contributed by atoms with Crippen LogP contribution >= 0.6 is 0 Å². The molecule has 0 aromatic heterocycles. The summed E-state index contributed by atoms with van der Waals surface area (Å²) in [4.78, 5) is 0. The lowest BCUT2D eigenvalue weighted by atomic mass is 9.93. The zero-order valence-corrected chi connectivity index (χ0v) is 9.24. The molecule has 1 saturated carbocycles. The first-order chi connectivity index (χ1) is 7.88. The van der Waals surface area contributed by atoms with E-state index in [0.717, 1.165) is 5.92 Å². The Morgan fingerprint density at radius 3 is 2.69 bits per heavy atom. The fourth-order valence-electron chi connectivity index (χ4n) is 3.29. The third-order valence-corrected chi connectivity index (χ3v) is 4.39. The molecule has 0 unspecified atom stereocenters. The molecule has 2 aliphatic rings. The Morgan fingerprint density at radius 1 is 1.06 bits per heavy atom. The first-order valence-corrected chi connectivity index (χ1v) is 6.08. The zero-order chi connectivity index (χ0) is 10.6. The van der Waals surface area contributed by atoms with Gasteiger partial charge in [0.2, 0.25) is 0 Å². The number of piperidine rings is 1. The molecule has 2 fully saturated rings. The molecule has 1 nitrogen and oxygen atoms in total. The second-order valence-electron chi connectivity index (χ2n) is 5.25. The van der Waals surface area contributed by atoms with E-state index in [4.69, 9.17) is 0 Å². The molecule has 1 N–H and O–H groups in total. The Kier molecular flexibility index (Phi) is 1.57. The smallest absolute Gasteiger partial charge is 0.0122 e. The van der Waals surface area contributed by atoms with E-state index in [1.807, 2.05) is 0 Å². The molecular formula is C15H15N. The van der Waals surface area contributed by atoms with Crippen molar-refractivity contribution in [1.82, 2.24) is 5.32 Å². The average Bonchev–Trinajstić information content (AvgIpc) is 2.92. The molecule has 1 aliphatic carbocycles. The van der Waals surface area contributed by atoms with Gasteiger partial charge in [-0.05, 0) is 35.2 Å². The molecule has 2 atom stereocenters. The minimum absolute atomic E-state index is 0.490. The molecule has 1 heteroatoms. The Balaban J connectivity index is 1.87. The zero-order valence-electron chi connectivity index (χ0n) is 9.24. The topological polar surface area (TPSA) is 12.0 Å². The summed E-state index contributed by atoms with van der Waals surface area (Å²) >= 11 is 0. The van der Waals surface area contributed by atoms with Gasteiger partial charge in [0.25, 0.3) is 0 Å². The van der Waals surface area contributed by atoms with Crippen molar-refractivity contribution in [2.75, 3.05) is 13.1 Å². The van der Waals surface area contributed by atoms with E-state index in [-0.39, 0.29) is 0 Å². The number of fused-ring (bicyclic) bond motifs is 2. The van der Waals surface area contributed by atoms with Gasteiger partial charge in [-0.3, -0.25) is 0 Å². The van der Waals surface area contributed by atoms with Crippen LogP contribution in [-0.2, 0) is 5.41 Å². The van der Waals surface area contributed by atoms with Crippen LogP contribution in [0.4, 0.5) is 0 Å². The highest BCUT2D eigenvalue weighted by atomic mass is 15.0. The van der Waals surface area contributed by atoms with Crippen molar-refractivity contribution < 1.29 is 0 Å². The predicted molar refractivity (Wildman–Crippen MR) is 66.6 cm³/mol. The summed E-state index contributed by atoms with van der Waals surface area (Å²) in [6.45, 7) is 2.39. The predicted octanol–water partition coefficient (Wildman–Crippen LogP) is 2.70. The van der Waals surface area contributed by atoms with Crippen molar-refractivity contribution in [1.29, 1.82) is 0 Å². The third kappa shape index (κ3) is 1.04. The van der Waals surface area contributed by atoms with Gasteiger partial charge in [-0.1, -0.05) is 42.5 Å². The Bertz CT molecular complexity index is 560. The minimum atomic E-state index is 0.490. The molecule has 2 aromatic carbocycles. The van der Waals surface area contributed by atoms with Crippen molar-refractivity contribution in [2.45, 2.75) is 11.8 Å². The monoisotopic (exact) mass is 209 g/mol. The van der Waals surface area contributed by atoms with Crippen molar-refractivity contribution >= 4 is 10.8 Å². The molecule has 0 radical (unpaired) electrons. The van der Waals surface area contributed by atoms with E-state index < -0.39 is 0 Å². The summed E-state index contributed by atoms with van der Waals surface area (Å²) in [6, 6.07) is 15.6. The van der Waals surface area contributed by atoms with Crippen molar-refractivity contribution in [3.63, 3.8) is 0 Å². The maximum absolute atomic E-state index is 3.51. The van der Waals surface area contributed by atoms with E-state index in [1.165, 1.54) is 30.3 Å². The SMILES string of the molecule is c1ccc2cc([C@@]34CNC[C@H]3C4)ccc2c1. The first kappa shape index (κ1) is 8.77. The molecule has 2 aromatic rings. The molecule has 0 amide bonds. The largest absolute Gasteiger partial charge is 0.316 e. The Labute approximate surface area is 95.5 Å². The van der Waals surface area contributed by atoms with Gasteiger partial charge in [-0.15, -0.1) is 0 Å². The van der Waals surface area contributed by atoms with E-state index in [1.54, 1.807) is 5.56 Å². The summed E-state index contributed by atoms with van der Waals surface area (Å²) < 4.78 is 0. The normalized spacial score (nSPS) is 31.6. The van der Waals surface area contributed by atoms with Gasteiger partial charge in [0.15, 0.2) is 0 Å². The van der Waals surface area contributed by atoms with Crippen LogP contribution in [-0.4, -0.2) is 13.1 Å². The number of benzene rings is 2. The summed E-state index contributed by atoms with van der Waals surface area (Å²) in [5.41, 5.74) is 2.03. The first-order valence-electron chi connectivity index (χ1n) is 6.08. The van der Waals surface area contributed by atoms with Gasteiger partial charge in [0, 0.05) is 12.0 Å². The van der Waals surface area contributed by atoms with Gasteiger partial charge in [-0.25, -0.2) is 0 Å². The van der Waals surface area contributed by atoms with Gasteiger partial charge in [0.1, 0.15) is 0 Å². The quantitative estimate of drug-likeness (QED) is 0.761. The molecule has 1 aliphatic heterocycles. The molecule has 16 heavy (non-hydrogen) atoms. The fourth-order valence-corrected chi connectivity index (χ4v) is 3.29. The molecule has 0 bridgehead atoms. The lowest BCUT2D eigenvalue weighted by molar-refractivity contribution is 0.676. The molecular weight excluding hydrogens is 194 g/mol. The molecule has 80 valence electrons. The van der Waals surface area contributed by atoms with Crippen molar-refractivity contribution in [2.24, 2.45) is 5.92 Å². The fraction of sp³-hybridized carbons (Fsp3) is 0.333. The van der Waals surface area contributed by atoms with E-state index in [9.17, 15) is 0 Å². The van der Waals surface area contributed by atoms with Gasteiger partial charge in [0.05, 0.1) is 0 Å². The number of rotatable bonds is 1. The highest BCUT2D eigenvalue weighted by Gasteiger charge is 2.57. The Hall–Kier alpha value is -1.34. The van der Waals surface area contributed by atoms with Crippen LogP contribution in [0, 0.1) is 5.92 Å². The highest BCUT2D eigenvalue weighted by molar-refractivity contribution is 5.83. The van der Waals surface area contributed by atoms with Crippen LogP contribution in [0.5, 0.6) is 0 Å². The van der Waals surface area contributed by atoms with Crippen LogP contribution in [0.25, 0.3) is 10.8 Å². The lowest BCUT2D eigenvalue weighted by Gasteiger charge is -2.13. The maximum atomic E-state index is 3.51. The summed E-state index contributed by atoms with van der Waals surface area (Å²) in [7, 11) is 0. The second-order valence-corrected chi connectivity index (χ2v) is 5.25. The van der Waals surface area contributed by atoms with Crippen LogP contribution in [0.3, 0.4) is 0 Å². The summed E-state index contributed by atoms with van der Waals surface area (Å²) in [5.74, 6) is 0.897. The molecule has 4 rings (SSSR count). The van der Waals surface area contributed by atoms with Crippen LogP contribution in [0.1, 0.15) is 12.0 Å². The maximum Gasteiger partial charge on any atom is 0.0122 e. The number of hydrogen-bond acceptors (Lipinski definition) is 1. The number of nitrogens with one attached hydrogen (secondary N) is 1. The van der Waals surface area contributed by atoms with Crippen LogP contribution in [0.2, 0.25) is 0 Å². The summed E-state index contributed by atoms with van der Waals surface area (Å²) in [6.07, 6.45) is 1.39. The lowest BCUT2D eigenvalue weighted by Crippen LogP contribution is -2.19. The van der Waals surface area contributed by atoms with Gasteiger partial charge >= 0.3 is 0 Å². The second kappa shape index (κ2) is 2.86. The van der Waals surface area contributed by atoms with E-state index in [2.05, 4.69) is 47.8 Å². The molecule has 0 spiro atoms.